The van der Waals surface area contributed by atoms with Crippen molar-refractivity contribution in [3.8, 4) is 17.1 Å². The molecule has 1 aliphatic rings. The highest BCUT2D eigenvalue weighted by molar-refractivity contribution is 7.99. The summed E-state index contributed by atoms with van der Waals surface area (Å²) in [6.45, 7) is 3.35. The van der Waals surface area contributed by atoms with Crippen LogP contribution < -0.4 is 0 Å². The zero-order valence-corrected chi connectivity index (χ0v) is 18.8. The van der Waals surface area contributed by atoms with E-state index in [0.717, 1.165) is 17.1 Å². The molecule has 0 unspecified atom stereocenters. The molecule has 2 aromatic carbocycles. The van der Waals surface area contributed by atoms with Gasteiger partial charge in [0.2, 0.25) is 5.91 Å². The molecule has 3 aromatic rings. The van der Waals surface area contributed by atoms with Gasteiger partial charge >= 0.3 is 5.97 Å². The number of aromatic nitrogens is 3. The van der Waals surface area contributed by atoms with E-state index in [-0.39, 0.29) is 23.5 Å². The first-order valence-electron chi connectivity index (χ1n) is 10.8. The van der Waals surface area contributed by atoms with E-state index in [2.05, 4.69) is 10.2 Å². The topological polar surface area (TPSA) is 77.3 Å². The summed E-state index contributed by atoms with van der Waals surface area (Å²) in [6.07, 6.45) is 1.29. The number of hydrogen-bond acceptors (Lipinski definition) is 6. The highest BCUT2D eigenvalue weighted by Crippen LogP contribution is 2.28. The number of piperidine rings is 1. The van der Waals surface area contributed by atoms with Gasteiger partial charge in [-0.3, -0.25) is 14.2 Å². The van der Waals surface area contributed by atoms with E-state index in [9.17, 15) is 9.59 Å². The molecule has 7 nitrogen and oxygen atoms in total. The third-order valence-corrected chi connectivity index (χ3v) is 6.39. The Morgan fingerprint density at radius 3 is 2.31 bits per heavy atom. The van der Waals surface area contributed by atoms with Crippen molar-refractivity contribution in [3.05, 3.63) is 60.7 Å². The zero-order valence-electron chi connectivity index (χ0n) is 18.0. The lowest BCUT2D eigenvalue weighted by Gasteiger charge is -2.30. The fourth-order valence-corrected chi connectivity index (χ4v) is 4.64. The Morgan fingerprint density at radius 2 is 1.66 bits per heavy atom. The van der Waals surface area contributed by atoms with Crippen molar-refractivity contribution < 1.29 is 14.3 Å². The maximum Gasteiger partial charge on any atom is 0.309 e. The second-order valence-corrected chi connectivity index (χ2v) is 8.48. The van der Waals surface area contributed by atoms with E-state index in [4.69, 9.17) is 4.74 Å². The molecule has 0 saturated carbocycles. The van der Waals surface area contributed by atoms with E-state index in [1.54, 1.807) is 0 Å². The lowest BCUT2D eigenvalue weighted by molar-refractivity contribution is -0.151. The minimum Gasteiger partial charge on any atom is -0.466 e. The van der Waals surface area contributed by atoms with Crippen molar-refractivity contribution in [1.82, 2.24) is 19.7 Å². The van der Waals surface area contributed by atoms with Crippen LogP contribution >= 0.6 is 11.8 Å². The Hall–Kier alpha value is -3.13. The summed E-state index contributed by atoms with van der Waals surface area (Å²) in [5, 5.41) is 9.47. The largest absolute Gasteiger partial charge is 0.466 e. The van der Waals surface area contributed by atoms with Crippen molar-refractivity contribution in [2.45, 2.75) is 24.9 Å². The monoisotopic (exact) mass is 450 g/mol. The quantitative estimate of drug-likeness (QED) is 0.402. The van der Waals surface area contributed by atoms with Crippen LogP contribution in [0.4, 0.5) is 0 Å². The van der Waals surface area contributed by atoms with Crippen LogP contribution in [0, 0.1) is 5.92 Å². The van der Waals surface area contributed by atoms with E-state index in [1.807, 2.05) is 77.1 Å². The fourth-order valence-electron chi connectivity index (χ4n) is 3.79. The van der Waals surface area contributed by atoms with Gasteiger partial charge in [-0.25, -0.2) is 0 Å². The lowest BCUT2D eigenvalue weighted by Crippen LogP contribution is -2.41. The van der Waals surface area contributed by atoms with E-state index < -0.39 is 0 Å². The fraction of sp³-hybridized carbons (Fsp3) is 0.333. The first-order valence-corrected chi connectivity index (χ1v) is 11.8. The number of benzene rings is 2. The van der Waals surface area contributed by atoms with Gasteiger partial charge in [-0.2, -0.15) is 0 Å². The summed E-state index contributed by atoms with van der Waals surface area (Å²) in [5.74, 6) is 0.784. The van der Waals surface area contributed by atoms with Crippen LogP contribution in [0.2, 0.25) is 0 Å². The molecule has 1 aromatic heterocycles. The first-order chi connectivity index (χ1) is 15.7. The van der Waals surface area contributed by atoms with Crippen LogP contribution in [0.5, 0.6) is 0 Å². The van der Waals surface area contributed by atoms with Gasteiger partial charge in [0.05, 0.1) is 18.3 Å². The maximum absolute atomic E-state index is 12.8. The average Bonchev–Trinajstić information content (AvgIpc) is 3.28. The molecule has 2 heterocycles. The van der Waals surface area contributed by atoms with Gasteiger partial charge < -0.3 is 9.64 Å². The van der Waals surface area contributed by atoms with Crippen LogP contribution in [-0.2, 0) is 14.3 Å². The van der Waals surface area contributed by atoms with Gasteiger partial charge in [-0.05, 0) is 31.9 Å². The van der Waals surface area contributed by atoms with Crippen LogP contribution in [0.1, 0.15) is 19.8 Å². The van der Waals surface area contributed by atoms with E-state index >= 15 is 0 Å². The molecule has 0 N–H and O–H groups in total. The molecule has 1 aliphatic heterocycles. The summed E-state index contributed by atoms with van der Waals surface area (Å²) < 4.78 is 7.10. The molecule has 1 amide bonds. The number of thioether (sulfide) groups is 1. The molecular formula is C24H26N4O3S. The number of rotatable bonds is 7. The maximum atomic E-state index is 12.8. The minimum atomic E-state index is -0.154. The van der Waals surface area contributed by atoms with Crippen molar-refractivity contribution in [2.24, 2.45) is 5.92 Å². The standard InChI is InChI=1S/C24H26N4O3S/c1-2-31-23(30)19-13-15-27(16-14-19)21(29)17-32-24-26-25-22(18-9-5-3-6-10-18)28(24)20-11-7-4-8-12-20/h3-12,19H,2,13-17H2,1H3. The highest BCUT2D eigenvalue weighted by atomic mass is 32.2. The Bertz CT molecular complexity index is 1050. The van der Waals surface area contributed by atoms with E-state index in [0.29, 0.717) is 37.7 Å². The number of ether oxygens (including phenoxy) is 1. The number of nitrogens with zero attached hydrogens (tertiary/aromatic N) is 4. The molecule has 32 heavy (non-hydrogen) atoms. The van der Waals surface area contributed by atoms with Gasteiger partial charge in [0, 0.05) is 24.3 Å². The number of carbonyl (C=O) groups excluding carboxylic acids is 2. The summed E-state index contributed by atoms with van der Waals surface area (Å²) in [7, 11) is 0. The molecule has 166 valence electrons. The van der Waals surface area contributed by atoms with Crippen molar-refractivity contribution >= 4 is 23.6 Å². The number of amides is 1. The normalized spacial score (nSPS) is 14.3. The van der Waals surface area contributed by atoms with Gasteiger partial charge in [-0.1, -0.05) is 60.3 Å². The summed E-state index contributed by atoms with van der Waals surface area (Å²) in [5.41, 5.74) is 1.91. The van der Waals surface area contributed by atoms with Crippen LogP contribution in [0.25, 0.3) is 17.1 Å². The first kappa shape index (κ1) is 22.1. The summed E-state index contributed by atoms with van der Waals surface area (Å²) in [6, 6.07) is 19.8. The molecular weight excluding hydrogens is 424 g/mol. The molecule has 4 rings (SSSR count). The molecule has 0 aliphatic carbocycles. The average molecular weight is 451 g/mol. The summed E-state index contributed by atoms with van der Waals surface area (Å²) >= 11 is 1.38. The summed E-state index contributed by atoms with van der Waals surface area (Å²) in [4.78, 5) is 26.6. The predicted octanol–water partition coefficient (Wildman–Crippen LogP) is 3.83. The van der Waals surface area contributed by atoms with Crippen molar-refractivity contribution in [3.63, 3.8) is 0 Å². The minimum absolute atomic E-state index is 0.0428. The predicted molar refractivity (Wildman–Crippen MR) is 123 cm³/mol. The number of carbonyl (C=O) groups is 2. The number of para-hydroxylation sites is 1. The van der Waals surface area contributed by atoms with Crippen LogP contribution in [0.15, 0.2) is 65.8 Å². The Labute approximate surface area is 191 Å². The molecule has 0 atom stereocenters. The Balaban J connectivity index is 1.45. The lowest BCUT2D eigenvalue weighted by atomic mass is 9.97. The van der Waals surface area contributed by atoms with Gasteiger partial charge in [0.25, 0.3) is 0 Å². The number of likely N-dealkylation sites (tertiary alicyclic amines) is 1. The van der Waals surface area contributed by atoms with Crippen molar-refractivity contribution in [1.29, 1.82) is 0 Å². The SMILES string of the molecule is CCOC(=O)C1CCN(C(=O)CSc2nnc(-c3ccccc3)n2-c2ccccc2)CC1. The van der Waals surface area contributed by atoms with Gasteiger partial charge in [-0.15, -0.1) is 10.2 Å². The molecule has 1 saturated heterocycles. The number of hydrogen-bond donors (Lipinski definition) is 0. The highest BCUT2D eigenvalue weighted by Gasteiger charge is 2.28. The molecule has 0 spiro atoms. The third-order valence-electron chi connectivity index (χ3n) is 5.47. The molecule has 0 bridgehead atoms. The van der Waals surface area contributed by atoms with Gasteiger partial charge in [0.15, 0.2) is 11.0 Å². The van der Waals surface area contributed by atoms with Crippen LogP contribution in [-0.4, -0.2) is 57.0 Å². The molecule has 0 radical (unpaired) electrons. The second kappa shape index (κ2) is 10.5. The Kier molecular flexibility index (Phi) is 7.21. The van der Waals surface area contributed by atoms with Gasteiger partial charge in [0.1, 0.15) is 0 Å². The smallest absolute Gasteiger partial charge is 0.309 e. The Morgan fingerprint density at radius 1 is 1.00 bits per heavy atom. The second-order valence-electron chi connectivity index (χ2n) is 7.54. The van der Waals surface area contributed by atoms with E-state index in [1.165, 1.54) is 11.8 Å². The number of esters is 1. The molecule has 8 heteroatoms. The third kappa shape index (κ3) is 5.02. The van der Waals surface area contributed by atoms with Crippen LogP contribution in [0.3, 0.4) is 0 Å². The zero-order chi connectivity index (χ0) is 22.3. The van der Waals surface area contributed by atoms with Crippen molar-refractivity contribution in [2.75, 3.05) is 25.4 Å². The molecule has 1 fully saturated rings.